The van der Waals surface area contributed by atoms with Crippen LogP contribution in [0.25, 0.3) is 0 Å². The first-order chi connectivity index (χ1) is 7.79. The Labute approximate surface area is 104 Å². The Hall–Kier alpha value is -0.470. The van der Waals surface area contributed by atoms with Gasteiger partial charge >= 0.3 is 0 Å². The highest BCUT2D eigenvalue weighted by Crippen LogP contribution is 2.28. The molecule has 0 saturated heterocycles. The van der Waals surface area contributed by atoms with E-state index in [9.17, 15) is 0 Å². The molecule has 2 heteroatoms. The first-order valence-corrected chi connectivity index (χ1v) is 7.25. The third kappa shape index (κ3) is 4.18. The van der Waals surface area contributed by atoms with Gasteiger partial charge in [-0.2, -0.15) is 0 Å². The van der Waals surface area contributed by atoms with Crippen molar-refractivity contribution in [2.24, 2.45) is 5.73 Å². The lowest BCUT2D eigenvalue weighted by molar-refractivity contribution is 0.685. The molecule has 1 rings (SSSR count). The van der Waals surface area contributed by atoms with Gasteiger partial charge in [0, 0.05) is 10.9 Å². The van der Waals surface area contributed by atoms with Crippen molar-refractivity contribution < 1.29 is 0 Å². The van der Waals surface area contributed by atoms with Crippen molar-refractivity contribution in [1.29, 1.82) is 0 Å². The summed E-state index contributed by atoms with van der Waals surface area (Å²) >= 11 is 1.95. The predicted octanol–water partition coefficient (Wildman–Crippen LogP) is 4.38. The minimum Gasteiger partial charge on any atom is -0.324 e. The largest absolute Gasteiger partial charge is 0.324 e. The molecule has 16 heavy (non-hydrogen) atoms. The molecule has 0 amide bonds. The van der Waals surface area contributed by atoms with Crippen molar-refractivity contribution in [3.63, 3.8) is 0 Å². The molecule has 0 spiro atoms. The Bertz CT molecular complexity index is 299. The maximum atomic E-state index is 6.11. The molecule has 1 atom stereocenters. The number of nitrogens with two attached hydrogens (primary N) is 1. The smallest absolute Gasteiger partial charge is 0.0303 e. The maximum absolute atomic E-state index is 6.11. The van der Waals surface area contributed by atoms with Crippen molar-refractivity contribution in [1.82, 2.24) is 0 Å². The van der Waals surface area contributed by atoms with Crippen LogP contribution in [0.1, 0.15) is 51.1 Å². The summed E-state index contributed by atoms with van der Waals surface area (Å²) in [6.45, 7) is 4.38. The number of hydrogen-bond acceptors (Lipinski definition) is 2. The number of unbranched alkanes of at least 4 members (excludes halogenated alkanes) is 2. The van der Waals surface area contributed by atoms with Crippen LogP contribution in [-0.4, -0.2) is 5.75 Å². The van der Waals surface area contributed by atoms with Crippen LogP contribution in [-0.2, 0) is 0 Å². The molecular weight excluding hydrogens is 214 g/mol. The Balaban J connectivity index is 2.57. The molecule has 0 fully saturated rings. The van der Waals surface area contributed by atoms with Gasteiger partial charge in [0.25, 0.3) is 0 Å². The Morgan fingerprint density at radius 1 is 1.19 bits per heavy atom. The van der Waals surface area contributed by atoms with Crippen LogP contribution in [0.2, 0.25) is 0 Å². The number of hydrogen-bond donors (Lipinski definition) is 1. The molecule has 2 N–H and O–H groups in total. The molecule has 90 valence electrons. The van der Waals surface area contributed by atoms with Gasteiger partial charge in [0.2, 0.25) is 0 Å². The molecule has 0 aliphatic carbocycles. The van der Waals surface area contributed by atoms with Crippen LogP contribution in [0, 0.1) is 0 Å². The lowest BCUT2D eigenvalue weighted by atomic mass is 10.1. The summed E-state index contributed by atoms with van der Waals surface area (Å²) in [7, 11) is 0. The topological polar surface area (TPSA) is 26.0 Å². The third-order valence-corrected chi connectivity index (χ3v) is 3.94. The quantitative estimate of drug-likeness (QED) is 0.562. The Kier molecular flexibility index (Phi) is 6.58. The lowest BCUT2D eigenvalue weighted by Gasteiger charge is -2.14. The number of thioether (sulfide) groups is 1. The third-order valence-electron chi connectivity index (χ3n) is 2.76. The normalized spacial score (nSPS) is 12.7. The van der Waals surface area contributed by atoms with E-state index in [1.807, 2.05) is 11.8 Å². The second-order valence-corrected chi connectivity index (χ2v) is 5.24. The van der Waals surface area contributed by atoms with E-state index in [4.69, 9.17) is 5.73 Å². The molecule has 1 aromatic rings. The van der Waals surface area contributed by atoms with Crippen molar-refractivity contribution >= 4 is 11.8 Å². The number of benzene rings is 1. The van der Waals surface area contributed by atoms with E-state index in [0.29, 0.717) is 0 Å². The average Bonchev–Trinajstić information content (AvgIpc) is 2.34. The zero-order valence-electron chi connectivity index (χ0n) is 10.4. The first kappa shape index (κ1) is 13.6. The summed E-state index contributed by atoms with van der Waals surface area (Å²) in [4.78, 5) is 1.37. The van der Waals surface area contributed by atoms with Gasteiger partial charge in [-0.15, -0.1) is 11.8 Å². The minimum atomic E-state index is 0.190. The van der Waals surface area contributed by atoms with Gasteiger partial charge < -0.3 is 5.73 Å². The average molecular weight is 237 g/mol. The molecule has 0 unspecified atom stereocenters. The first-order valence-electron chi connectivity index (χ1n) is 6.26. The van der Waals surface area contributed by atoms with Gasteiger partial charge in [-0.3, -0.25) is 0 Å². The van der Waals surface area contributed by atoms with Gasteiger partial charge in [0.05, 0.1) is 0 Å². The predicted molar refractivity (Wildman–Crippen MR) is 73.9 cm³/mol. The highest BCUT2D eigenvalue weighted by molar-refractivity contribution is 7.99. The van der Waals surface area contributed by atoms with E-state index < -0.39 is 0 Å². The van der Waals surface area contributed by atoms with Crippen LogP contribution < -0.4 is 5.73 Å². The fourth-order valence-corrected chi connectivity index (χ4v) is 2.80. The van der Waals surface area contributed by atoms with Crippen LogP contribution in [0.15, 0.2) is 29.2 Å². The standard InChI is InChI=1S/C14H23NS/c1-3-5-8-11-16-14-10-7-6-9-12(14)13(15)4-2/h6-7,9-10,13H,3-5,8,11,15H2,1-2H3/t13-/m0/s1. The van der Waals surface area contributed by atoms with Crippen LogP contribution >= 0.6 is 11.8 Å². The fraction of sp³-hybridized carbons (Fsp3) is 0.571. The summed E-state index contributed by atoms with van der Waals surface area (Å²) in [5, 5.41) is 0. The highest BCUT2D eigenvalue weighted by atomic mass is 32.2. The summed E-state index contributed by atoms with van der Waals surface area (Å²) in [5.41, 5.74) is 7.42. The summed E-state index contributed by atoms with van der Waals surface area (Å²) in [5.74, 6) is 1.21. The van der Waals surface area contributed by atoms with E-state index in [1.54, 1.807) is 0 Å². The van der Waals surface area contributed by atoms with Crippen molar-refractivity contribution in [3.05, 3.63) is 29.8 Å². The van der Waals surface area contributed by atoms with Gasteiger partial charge in [0.1, 0.15) is 0 Å². The maximum Gasteiger partial charge on any atom is 0.0303 e. The zero-order chi connectivity index (χ0) is 11.8. The Morgan fingerprint density at radius 3 is 2.62 bits per heavy atom. The molecule has 0 aliphatic rings. The monoisotopic (exact) mass is 237 g/mol. The summed E-state index contributed by atoms with van der Waals surface area (Å²) in [6.07, 6.45) is 4.93. The Morgan fingerprint density at radius 2 is 1.94 bits per heavy atom. The van der Waals surface area contributed by atoms with E-state index >= 15 is 0 Å². The molecule has 0 bridgehead atoms. The SMILES string of the molecule is CCCCCSc1ccccc1[C@@H](N)CC. The minimum absolute atomic E-state index is 0.190. The molecule has 0 saturated carbocycles. The molecule has 1 aromatic carbocycles. The van der Waals surface area contributed by atoms with Gasteiger partial charge in [-0.25, -0.2) is 0 Å². The van der Waals surface area contributed by atoms with Crippen LogP contribution in [0.3, 0.4) is 0 Å². The van der Waals surface area contributed by atoms with Gasteiger partial charge in [0.15, 0.2) is 0 Å². The summed E-state index contributed by atoms with van der Waals surface area (Å²) in [6, 6.07) is 8.74. The van der Waals surface area contributed by atoms with Crippen molar-refractivity contribution in [3.8, 4) is 0 Å². The lowest BCUT2D eigenvalue weighted by Crippen LogP contribution is -2.09. The summed E-state index contributed by atoms with van der Waals surface area (Å²) < 4.78 is 0. The zero-order valence-corrected chi connectivity index (χ0v) is 11.2. The van der Waals surface area contributed by atoms with E-state index in [-0.39, 0.29) is 6.04 Å². The number of rotatable bonds is 7. The molecule has 0 radical (unpaired) electrons. The van der Waals surface area contributed by atoms with Crippen LogP contribution in [0.4, 0.5) is 0 Å². The molecule has 0 aromatic heterocycles. The molecule has 1 nitrogen and oxygen atoms in total. The highest BCUT2D eigenvalue weighted by Gasteiger charge is 2.08. The van der Waals surface area contributed by atoms with E-state index in [0.717, 1.165) is 6.42 Å². The van der Waals surface area contributed by atoms with E-state index in [2.05, 4.69) is 38.1 Å². The van der Waals surface area contributed by atoms with Gasteiger partial charge in [-0.1, -0.05) is 44.9 Å². The fourth-order valence-electron chi connectivity index (χ4n) is 1.67. The van der Waals surface area contributed by atoms with Gasteiger partial charge in [-0.05, 0) is 30.2 Å². The molecule has 0 heterocycles. The van der Waals surface area contributed by atoms with Crippen LogP contribution in [0.5, 0.6) is 0 Å². The molecular formula is C14H23NS. The van der Waals surface area contributed by atoms with E-state index in [1.165, 1.54) is 35.5 Å². The van der Waals surface area contributed by atoms with Crippen molar-refractivity contribution in [2.75, 3.05) is 5.75 Å². The molecule has 0 aliphatic heterocycles. The second kappa shape index (κ2) is 7.75. The van der Waals surface area contributed by atoms with Crippen molar-refractivity contribution in [2.45, 2.75) is 50.5 Å². The second-order valence-electron chi connectivity index (χ2n) is 4.11.